The van der Waals surface area contributed by atoms with Gasteiger partial charge in [-0.3, -0.25) is 0 Å². The standard InChI is InChI=1S/C12H21N3O2S/c1-3-17-9-10(13)15-18-11(9)14-8-12(2)4-6-16-7-5-12/h14H,3-8H2,1-2H3,(H2,13,15). The second kappa shape index (κ2) is 5.75. The van der Waals surface area contributed by atoms with E-state index in [4.69, 9.17) is 15.2 Å². The Labute approximate surface area is 112 Å². The molecule has 0 radical (unpaired) electrons. The quantitative estimate of drug-likeness (QED) is 0.860. The molecule has 1 fully saturated rings. The molecule has 2 heterocycles. The third-order valence-corrected chi connectivity index (χ3v) is 4.14. The fourth-order valence-electron chi connectivity index (χ4n) is 2.03. The number of nitrogens with two attached hydrogens (primary N) is 1. The highest BCUT2D eigenvalue weighted by Gasteiger charge is 2.27. The zero-order valence-corrected chi connectivity index (χ0v) is 11.8. The summed E-state index contributed by atoms with van der Waals surface area (Å²) in [6.45, 7) is 7.43. The summed E-state index contributed by atoms with van der Waals surface area (Å²) in [5, 5.41) is 4.36. The molecule has 18 heavy (non-hydrogen) atoms. The molecule has 6 heteroatoms. The van der Waals surface area contributed by atoms with E-state index in [1.54, 1.807) is 0 Å². The van der Waals surface area contributed by atoms with E-state index in [-0.39, 0.29) is 5.41 Å². The molecule has 1 aromatic rings. The molecule has 0 aliphatic carbocycles. The van der Waals surface area contributed by atoms with Crippen LogP contribution in [0.2, 0.25) is 0 Å². The van der Waals surface area contributed by atoms with Crippen LogP contribution < -0.4 is 15.8 Å². The van der Waals surface area contributed by atoms with Gasteiger partial charge in [0.1, 0.15) is 0 Å². The van der Waals surface area contributed by atoms with E-state index in [0.717, 1.165) is 37.6 Å². The van der Waals surface area contributed by atoms with Crippen molar-refractivity contribution < 1.29 is 9.47 Å². The Kier molecular flexibility index (Phi) is 4.29. The van der Waals surface area contributed by atoms with Crippen LogP contribution in [0.25, 0.3) is 0 Å². The van der Waals surface area contributed by atoms with Crippen LogP contribution in [0, 0.1) is 5.41 Å². The number of aromatic nitrogens is 1. The van der Waals surface area contributed by atoms with E-state index in [0.29, 0.717) is 18.2 Å². The van der Waals surface area contributed by atoms with E-state index in [1.807, 2.05) is 6.92 Å². The summed E-state index contributed by atoms with van der Waals surface area (Å²) in [5.41, 5.74) is 6.06. The minimum absolute atomic E-state index is 0.278. The third-order valence-electron chi connectivity index (χ3n) is 3.34. The first-order valence-electron chi connectivity index (χ1n) is 6.34. The molecule has 0 amide bonds. The van der Waals surface area contributed by atoms with Gasteiger partial charge in [-0.25, -0.2) is 0 Å². The van der Waals surface area contributed by atoms with Crippen molar-refractivity contribution in [3.05, 3.63) is 0 Å². The van der Waals surface area contributed by atoms with E-state index < -0.39 is 0 Å². The first-order chi connectivity index (χ1) is 8.64. The molecule has 0 aromatic carbocycles. The smallest absolute Gasteiger partial charge is 0.197 e. The number of nitrogen functional groups attached to an aromatic ring is 1. The Morgan fingerprint density at radius 2 is 2.22 bits per heavy atom. The van der Waals surface area contributed by atoms with Crippen LogP contribution in [-0.2, 0) is 4.74 Å². The molecule has 0 atom stereocenters. The van der Waals surface area contributed by atoms with E-state index in [2.05, 4.69) is 16.6 Å². The maximum Gasteiger partial charge on any atom is 0.197 e. The molecule has 1 saturated heterocycles. The predicted molar refractivity (Wildman–Crippen MR) is 74.3 cm³/mol. The molecular weight excluding hydrogens is 250 g/mol. The Morgan fingerprint density at radius 3 is 2.89 bits per heavy atom. The average molecular weight is 271 g/mol. The summed E-state index contributed by atoms with van der Waals surface area (Å²) in [7, 11) is 0. The summed E-state index contributed by atoms with van der Waals surface area (Å²) in [4.78, 5) is 0. The molecule has 1 aliphatic heterocycles. The molecule has 5 nitrogen and oxygen atoms in total. The lowest BCUT2D eigenvalue weighted by atomic mass is 9.82. The highest BCUT2D eigenvalue weighted by Crippen LogP contribution is 2.37. The lowest BCUT2D eigenvalue weighted by Crippen LogP contribution is -2.33. The molecule has 0 saturated carbocycles. The van der Waals surface area contributed by atoms with Gasteiger partial charge in [-0.05, 0) is 36.7 Å². The van der Waals surface area contributed by atoms with Crippen molar-refractivity contribution >= 4 is 22.4 Å². The van der Waals surface area contributed by atoms with E-state index >= 15 is 0 Å². The summed E-state index contributed by atoms with van der Waals surface area (Å²) in [6.07, 6.45) is 2.16. The molecule has 2 rings (SSSR count). The van der Waals surface area contributed by atoms with Gasteiger partial charge in [-0.1, -0.05) is 6.92 Å². The Morgan fingerprint density at radius 1 is 1.50 bits per heavy atom. The molecule has 3 N–H and O–H groups in total. The minimum Gasteiger partial charge on any atom is -0.487 e. The van der Waals surface area contributed by atoms with Gasteiger partial charge in [0.15, 0.2) is 16.6 Å². The lowest BCUT2D eigenvalue weighted by molar-refractivity contribution is 0.0300. The maximum atomic E-state index is 5.78. The number of rotatable bonds is 5. The predicted octanol–water partition coefficient (Wildman–Crippen LogP) is 2.35. The zero-order valence-electron chi connectivity index (χ0n) is 11.0. The van der Waals surface area contributed by atoms with Gasteiger partial charge in [0.2, 0.25) is 0 Å². The van der Waals surface area contributed by atoms with Crippen LogP contribution in [0.15, 0.2) is 0 Å². The highest BCUT2D eigenvalue weighted by atomic mass is 32.1. The Hall–Kier alpha value is -1.01. The van der Waals surface area contributed by atoms with Gasteiger partial charge < -0.3 is 20.5 Å². The third kappa shape index (κ3) is 3.05. The van der Waals surface area contributed by atoms with Crippen molar-refractivity contribution in [1.82, 2.24) is 4.37 Å². The Bertz CT molecular complexity index is 389. The van der Waals surface area contributed by atoms with Crippen molar-refractivity contribution in [3.63, 3.8) is 0 Å². The first-order valence-corrected chi connectivity index (χ1v) is 7.11. The Balaban J connectivity index is 1.97. The van der Waals surface area contributed by atoms with Crippen LogP contribution in [0.1, 0.15) is 26.7 Å². The fraction of sp³-hybridized carbons (Fsp3) is 0.750. The molecular formula is C12H21N3O2S. The summed E-state index contributed by atoms with van der Waals surface area (Å²) in [5.74, 6) is 1.17. The highest BCUT2D eigenvalue weighted by molar-refractivity contribution is 7.11. The van der Waals surface area contributed by atoms with Crippen molar-refractivity contribution in [2.45, 2.75) is 26.7 Å². The van der Waals surface area contributed by atoms with Crippen LogP contribution >= 0.6 is 11.5 Å². The van der Waals surface area contributed by atoms with Crippen molar-refractivity contribution in [2.75, 3.05) is 37.4 Å². The molecule has 1 aliphatic rings. The molecule has 0 unspecified atom stereocenters. The second-order valence-corrected chi connectivity index (χ2v) is 5.71. The van der Waals surface area contributed by atoms with Crippen LogP contribution in [-0.4, -0.2) is 30.7 Å². The number of ether oxygens (including phenoxy) is 2. The van der Waals surface area contributed by atoms with Crippen LogP contribution in [0.5, 0.6) is 5.75 Å². The van der Waals surface area contributed by atoms with Crippen molar-refractivity contribution in [3.8, 4) is 5.75 Å². The first kappa shape index (κ1) is 13.4. The largest absolute Gasteiger partial charge is 0.487 e. The number of hydrogen-bond donors (Lipinski definition) is 2. The van der Waals surface area contributed by atoms with Crippen LogP contribution in [0.4, 0.5) is 10.8 Å². The summed E-state index contributed by atoms with van der Waals surface area (Å²) >= 11 is 1.36. The topological polar surface area (TPSA) is 69.4 Å². The fourth-order valence-corrected chi connectivity index (χ4v) is 2.68. The molecule has 1 aromatic heterocycles. The molecule has 0 bridgehead atoms. The van der Waals surface area contributed by atoms with Gasteiger partial charge in [-0.15, -0.1) is 0 Å². The van der Waals surface area contributed by atoms with E-state index in [9.17, 15) is 0 Å². The molecule has 0 spiro atoms. The van der Waals surface area contributed by atoms with E-state index in [1.165, 1.54) is 11.5 Å². The SMILES string of the molecule is CCOc1c(N)nsc1NCC1(C)CCOCC1. The van der Waals surface area contributed by atoms with Crippen LogP contribution in [0.3, 0.4) is 0 Å². The van der Waals surface area contributed by atoms with Crippen molar-refractivity contribution in [1.29, 1.82) is 0 Å². The van der Waals surface area contributed by atoms with Gasteiger partial charge in [0, 0.05) is 19.8 Å². The van der Waals surface area contributed by atoms with Crippen molar-refractivity contribution in [2.24, 2.45) is 5.41 Å². The molecule has 102 valence electrons. The monoisotopic (exact) mass is 271 g/mol. The summed E-state index contributed by atoms with van der Waals surface area (Å²) in [6, 6.07) is 0. The minimum atomic E-state index is 0.278. The number of nitrogens with zero attached hydrogens (tertiary/aromatic N) is 1. The number of hydrogen-bond acceptors (Lipinski definition) is 6. The number of nitrogens with one attached hydrogen (secondary N) is 1. The summed E-state index contributed by atoms with van der Waals surface area (Å²) < 4.78 is 15.0. The average Bonchev–Trinajstić information content (AvgIpc) is 2.70. The lowest BCUT2D eigenvalue weighted by Gasteiger charge is -2.33. The number of anilines is 2. The van der Waals surface area contributed by atoms with Gasteiger partial charge in [0.05, 0.1) is 6.61 Å². The van der Waals surface area contributed by atoms with Gasteiger partial charge in [-0.2, -0.15) is 4.37 Å². The maximum absolute atomic E-state index is 5.78. The zero-order chi connectivity index (χ0) is 13.0. The van der Waals surface area contributed by atoms with Gasteiger partial charge >= 0.3 is 0 Å². The second-order valence-electron chi connectivity index (χ2n) is 4.94. The van der Waals surface area contributed by atoms with Gasteiger partial charge in [0.25, 0.3) is 0 Å². The normalized spacial score (nSPS) is 18.6.